The summed E-state index contributed by atoms with van der Waals surface area (Å²) >= 11 is 5.88. The molecule has 1 aromatic rings. The van der Waals surface area contributed by atoms with Crippen molar-refractivity contribution in [1.82, 2.24) is 10.3 Å². The number of aryl methyl sites for hydroxylation is 1. The van der Waals surface area contributed by atoms with Crippen LogP contribution < -0.4 is 5.32 Å². The third-order valence-electron chi connectivity index (χ3n) is 2.72. The molecule has 0 aliphatic heterocycles. The molecule has 18 heavy (non-hydrogen) atoms. The fourth-order valence-electron chi connectivity index (χ4n) is 1.68. The summed E-state index contributed by atoms with van der Waals surface area (Å²) in [5.41, 5.74) is 1.44. The van der Waals surface area contributed by atoms with Crippen molar-refractivity contribution < 1.29 is 4.79 Å². The second kappa shape index (κ2) is 7.37. The van der Waals surface area contributed by atoms with E-state index in [2.05, 4.69) is 24.1 Å². The van der Waals surface area contributed by atoms with Crippen LogP contribution in [0.4, 0.5) is 0 Å². The van der Waals surface area contributed by atoms with E-state index in [1.165, 1.54) is 0 Å². The molecule has 0 saturated carbocycles. The van der Waals surface area contributed by atoms with Crippen molar-refractivity contribution in [3.05, 3.63) is 28.5 Å². The summed E-state index contributed by atoms with van der Waals surface area (Å²) in [6.07, 6.45) is 2.90. The van der Waals surface area contributed by atoms with E-state index in [4.69, 9.17) is 11.6 Å². The molecular weight excluding hydrogens is 248 g/mol. The van der Waals surface area contributed by atoms with Crippen molar-refractivity contribution in [1.29, 1.82) is 0 Å². The largest absolute Gasteiger partial charge is 0.352 e. The maximum atomic E-state index is 11.9. The predicted octanol–water partition coefficient (Wildman–Crippen LogP) is 3.46. The topological polar surface area (TPSA) is 42.0 Å². The van der Waals surface area contributed by atoms with Gasteiger partial charge in [0.05, 0.1) is 0 Å². The summed E-state index contributed by atoms with van der Waals surface area (Å²) in [4.78, 5) is 16.1. The van der Waals surface area contributed by atoms with Gasteiger partial charge in [0.25, 0.3) is 5.91 Å². The minimum Gasteiger partial charge on any atom is -0.352 e. The number of rotatable bonds is 6. The first-order chi connectivity index (χ1) is 8.52. The molecule has 0 bridgehead atoms. The molecule has 1 amide bonds. The lowest BCUT2D eigenvalue weighted by Crippen LogP contribution is -2.25. The molecule has 100 valence electrons. The first kappa shape index (κ1) is 15.0. The van der Waals surface area contributed by atoms with Gasteiger partial charge in [0.15, 0.2) is 0 Å². The van der Waals surface area contributed by atoms with Crippen molar-refractivity contribution in [2.75, 3.05) is 6.54 Å². The third kappa shape index (κ3) is 5.05. The molecule has 1 rings (SSSR count). The van der Waals surface area contributed by atoms with Crippen LogP contribution in [0, 0.1) is 5.92 Å². The van der Waals surface area contributed by atoms with Gasteiger partial charge in [0.1, 0.15) is 5.15 Å². The number of pyridine rings is 1. The van der Waals surface area contributed by atoms with E-state index < -0.39 is 0 Å². The molecule has 0 aromatic carbocycles. The predicted molar refractivity (Wildman–Crippen MR) is 75.0 cm³/mol. The molecule has 0 atom stereocenters. The minimum absolute atomic E-state index is 0.0715. The Balaban J connectivity index is 2.53. The highest BCUT2D eigenvalue weighted by molar-refractivity contribution is 6.29. The highest BCUT2D eigenvalue weighted by Crippen LogP contribution is 2.11. The van der Waals surface area contributed by atoms with E-state index in [0.717, 1.165) is 25.0 Å². The number of carbonyl (C=O) groups is 1. The molecule has 0 saturated heterocycles. The molecule has 0 fully saturated rings. The van der Waals surface area contributed by atoms with E-state index in [1.807, 2.05) is 6.92 Å². The van der Waals surface area contributed by atoms with Crippen LogP contribution in [0.15, 0.2) is 12.1 Å². The normalized spacial score (nSPS) is 10.7. The average Bonchev–Trinajstić information content (AvgIpc) is 2.33. The molecule has 0 unspecified atom stereocenters. The summed E-state index contributed by atoms with van der Waals surface area (Å²) in [7, 11) is 0. The Kier molecular flexibility index (Phi) is 6.13. The fourth-order valence-corrected chi connectivity index (χ4v) is 1.90. The Labute approximate surface area is 114 Å². The van der Waals surface area contributed by atoms with Crippen molar-refractivity contribution in [3.8, 4) is 0 Å². The number of hydrogen-bond donors (Lipinski definition) is 1. The molecule has 1 heterocycles. The van der Waals surface area contributed by atoms with Crippen LogP contribution in [0.2, 0.25) is 5.15 Å². The van der Waals surface area contributed by atoms with Crippen LogP contribution in [-0.4, -0.2) is 17.4 Å². The number of nitrogens with one attached hydrogen (secondary N) is 1. The first-order valence-corrected chi connectivity index (χ1v) is 6.85. The molecule has 1 N–H and O–H groups in total. The van der Waals surface area contributed by atoms with Crippen LogP contribution in [0.5, 0.6) is 0 Å². The highest BCUT2D eigenvalue weighted by atomic mass is 35.5. The summed E-state index contributed by atoms with van der Waals surface area (Å²) in [6, 6.07) is 3.40. The van der Waals surface area contributed by atoms with Crippen LogP contribution in [0.3, 0.4) is 0 Å². The van der Waals surface area contributed by atoms with E-state index in [0.29, 0.717) is 23.2 Å². The molecule has 0 aliphatic rings. The lowest BCUT2D eigenvalue weighted by atomic mass is 10.1. The van der Waals surface area contributed by atoms with Gasteiger partial charge in [-0.3, -0.25) is 4.79 Å². The van der Waals surface area contributed by atoms with Gasteiger partial charge in [-0.2, -0.15) is 0 Å². The van der Waals surface area contributed by atoms with Crippen LogP contribution >= 0.6 is 11.6 Å². The van der Waals surface area contributed by atoms with Crippen LogP contribution in [0.25, 0.3) is 0 Å². The summed E-state index contributed by atoms with van der Waals surface area (Å²) in [5, 5.41) is 3.28. The molecule has 3 nitrogen and oxygen atoms in total. The quantitative estimate of drug-likeness (QED) is 0.634. The van der Waals surface area contributed by atoms with Crippen molar-refractivity contribution >= 4 is 17.5 Å². The van der Waals surface area contributed by atoms with Gasteiger partial charge >= 0.3 is 0 Å². The SMILES string of the molecule is CCc1cc(C(=O)NCCCC(C)C)cc(Cl)n1. The number of amides is 1. The number of nitrogens with zero attached hydrogens (tertiary/aromatic N) is 1. The lowest BCUT2D eigenvalue weighted by molar-refractivity contribution is 0.0952. The number of aromatic nitrogens is 1. The summed E-state index contributed by atoms with van der Waals surface area (Å²) < 4.78 is 0. The summed E-state index contributed by atoms with van der Waals surface area (Å²) in [6.45, 7) is 7.05. The second-order valence-electron chi connectivity index (χ2n) is 4.82. The Hall–Kier alpha value is -1.09. The minimum atomic E-state index is -0.0715. The molecule has 1 aromatic heterocycles. The van der Waals surface area contributed by atoms with Crippen LogP contribution in [0.1, 0.15) is 49.7 Å². The van der Waals surface area contributed by atoms with Gasteiger partial charge in [-0.15, -0.1) is 0 Å². The smallest absolute Gasteiger partial charge is 0.251 e. The standard InChI is InChI=1S/C14H21ClN2O/c1-4-12-8-11(9-13(15)17-12)14(18)16-7-5-6-10(2)3/h8-10H,4-7H2,1-3H3,(H,16,18). The Morgan fingerprint density at radius 2 is 2.17 bits per heavy atom. The van der Waals surface area contributed by atoms with Gasteiger partial charge in [0, 0.05) is 17.8 Å². The molecule has 4 heteroatoms. The van der Waals surface area contributed by atoms with Crippen molar-refractivity contribution in [3.63, 3.8) is 0 Å². The maximum absolute atomic E-state index is 11.9. The Morgan fingerprint density at radius 3 is 2.78 bits per heavy atom. The average molecular weight is 269 g/mol. The summed E-state index contributed by atoms with van der Waals surface area (Å²) in [5.74, 6) is 0.599. The molecular formula is C14H21ClN2O. The number of hydrogen-bond acceptors (Lipinski definition) is 2. The number of carbonyl (C=O) groups excluding carboxylic acids is 1. The number of halogens is 1. The fraction of sp³-hybridized carbons (Fsp3) is 0.571. The van der Waals surface area contributed by atoms with E-state index in [9.17, 15) is 4.79 Å². The third-order valence-corrected chi connectivity index (χ3v) is 2.91. The molecule has 0 radical (unpaired) electrons. The lowest BCUT2D eigenvalue weighted by Gasteiger charge is -2.08. The highest BCUT2D eigenvalue weighted by Gasteiger charge is 2.08. The maximum Gasteiger partial charge on any atom is 0.251 e. The zero-order chi connectivity index (χ0) is 13.5. The molecule has 0 spiro atoms. The Morgan fingerprint density at radius 1 is 1.44 bits per heavy atom. The van der Waals surface area contributed by atoms with E-state index >= 15 is 0 Å². The molecule has 0 aliphatic carbocycles. The monoisotopic (exact) mass is 268 g/mol. The van der Waals surface area contributed by atoms with Gasteiger partial charge in [-0.25, -0.2) is 4.98 Å². The van der Waals surface area contributed by atoms with Gasteiger partial charge in [0.2, 0.25) is 0 Å². The zero-order valence-electron chi connectivity index (χ0n) is 11.3. The van der Waals surface area contributed by atoms with Gasteiger partial charge in [-0.05, 0) is 37.3 Å². The van der Waals surface area contributed by atoms with E-state index in [-0.39, 0.29) is 5.91 Å². The van der Waals surface area contributed by atoms with E-state index in [1.54, 1.807) is 12.1 Å². The Bertz CT molecular complexity index is 405. The van der Waals surface area contributed by atoms with Crippen molar-refractivity contribution in [2.45, 2.75) is 40.0 Å². The van der Waals surface area contributed by atoms with Crippen LogP contribution in [-0.2, 0) is 6.42 Å². The van der Waals surface area contributed by atoms with Crippen molar-refractivity contribution in [2.24, 2.45) is 5.92 Å². The van der Waals surface area contributed by atoms with Gasteiger partial charge in [-0.1, -0.05) is 32.4 Å². The first-order valence-electron chi connectivity index (χ1n) is 6.47. The second-order valence-corrected chi connectivity index (χ2v) is 5.20. The van der Waals surface area contributed by atoms with Gasteiger partial charge < -0.3 is 5.32 Å². The zero-order valence-corrected chi connectivity index (χ0v) is 12.0.